The van der Waals surface area contributed by atoms with Crippen molar-refractivity contribution in [2.24, 2.45) is 0 Å². The third-order valence-electron chi connectivity index (χ3n) is 2.83. The lowest BCUT2D eigenvalue weighted by atomic mass is 10.3. The van der Waals surface area contributed by atoms with Gasteiger partial charge in [-0.15, -0.1) is 0 Å². The average molecular weight is 255 g/mol. The Labute approximate surface area is 110 Å². The van der Waals surface area contributed by atoms with E-state index in [1.54, 1.807) is 24.4 Å². The molecule has 0 saturated carbocycles. The SMILES string of the molecule is CN(Cc1cccnc1)c1nc2ccc(O)cc2o1. The maximum absolute atomic E-state index is 9.40. The standard InChI is InChI=1S/C14H13N3O2/c1-17(9-10-3-2-6-15-8-10)14-16-12-5-4-11(18)7-13(12)19-14/h2-8,18H,9H2,1H3. The molecule has 0 aliphatic rings. The van der Waals surface area contributed by atoms with Crippen LogP contribution >= 0.6 is 0 Å². The van der Waals surface area contributed by atoms with Gasteiger partial charge in [0.15, 0.2) is 5.58 Å². The number of rotatable bonds is 3. The van der Waals surface area contributed by atoms with Crippen LogP contribution in [0.25, 0.3) is 11.1 Å². The van der Waals surface area contributed by atoms with E-state index in [0.717, 1.165) is 11.1 Å². The van der Waals surface area contributed by atoms with Crippen LogP contribution in [-0.2, 0) is 6.54 Å². The van der Waals surface area contributed by atoms with Gasteiger partial charge in [0.25, 0.3) is 6.01 Å². The molecule has 0 aliphatic carbocycles. The molecule has 3 aromatic rings. The Morgan fingerprint density at radius 3 is 3.00 bits per heavy atom. The van der Waals surface area contributed by atoms with E-state index in [1.807, 2.05) is 30.3 Å². The van der Waals surface area contributed by atoms with Crippen molar-refractivity contribution in [2.45, 2.75) is 6.54 Å². The molecule has 0 aliphatic heterocycles. The van der Waals surface area contributed by atoms with E-state index >= 15 is 0 Å². The van der Waals surface area contributed by atoms with Crippen LogP contribution in [0.4, 0.5) is 6.01 Å². The molecule has 5 nitrogen and oxygen atoms in total. The lowest BCUT2D eigenvalue weighted by Gasteiger charge is -2.13. The molecule has 0 bridgehead atoms. The highest BCUT2D eigenvalue weighted by Crippen LogP contribution is 2.25. The molecule has 3 rings (SSSR count). The van der Waals surface area contributed by atoms with E-state index in [0.29, 0.717) is 18.1 Å². The van der Waals surface area contributed by atoms with Gasteiger partial charge in [0.05, 0.1) is 0 Å². The molecule has 0 spiro atoms. The van der Waals surface area contributed by atoms with E-state index in [-0.39, 0.29) is 5.75 Å². The van der Waals surface area contributed by atoms with Gasteiger partial charge >= 0.3 is 0 Å². The van der Waals surface area contributed by atoms with Crippen LogP contribution in [0.15, 0.2) is 47.1 Å². The minimum Gasteiger partial charge on any atom is -0.508 e. The predicted octanol–water partition coefficient (Wildman–Crippen LogP) is 2.56. The first-order valence-electron chi connectivity index (χ1n) is 5.92. The Hall–Kier alpha value is -2.56. The Bertz CT molecular complexity index is 694. The molecule has 0 fully saturated rings. The minimum atomic E-state index is 0.171. The summed E-state index contributed by atoms with van der Waals surface area (Å²) in [7, 11) is 1.90. The van der Waals surface area contributed by atoms with Crippen LogP contribution in [0.2, 0.25) is 0 Å². The van der Waals surface area contributed by atoms with E-state index in [9.17, 15) is 5.11 Å². The lowest BCUT2D eigenvalue weighted by molar-refractivity contribution is 0.474. The second-order valence-corrected chi connectivity index (χ2v) is 4.37. The average Bonchev–Trinajstić information content (AvgIpc) is 2.83. The van der Waals surface area contributed by atoms with Gasteiger partial charge in [-0.2, -0.15) is 4.98 Å². The highest BCUT2D eigenvalue weighted by atomic mass is 16.4. The first-order chi connectivity index (χ1) is 9.22. The van der Waals surface area contributed by atoms with Crippen LogP contribution in [0.5, 0.6) is 5.75 Å². The number of hydrogen-bond acceptors (Lipinski definition) is 5. The number of phenolic OH excluding ortho intramolecular Hbond substituents is 1. The number of aromatic nitrogens is 2. The molecule has 0 radical (unpaired) electrons. The van der Waals surface area contributed by atoms with Gasteiger partial charge in [0, 0.05) is 32.1 Å². The summed E-state index contributed by atoms with van der Waals surface area (Å²) in [5.41, 5.74) is 2.38. The third kappa shape index (κ3) is 2.35. The molecule has 1 aromatic carbocycles. The summed E-state index contributed by atoms with van der Waals surface area (Å²) in [5, 5.41) is 9.40. The van der Waals surface area contributed by atoms with Crippen molar-refractivity contribution in [2.75, 3.05) is 11.9 Å². The molecular formula is C14H13N3O2. The van der Waals surface area contributed by atoms with E-state index in [2.05, 4.69) is 9.97 Å². The minimum absolute atomic E-state index is 0.171. The molecule has 2 aromatic heterocycles. The Kier molecular flexibility index (Phi) is 2.79. The van der Waals surface area contributed by atoms with E-state index in [4.69, 9.17) is 4.42 Å². The number of benzene rings is 1. The van der Waals surface area contributed by atoms with Gasteiger partial charge in [-0.05, 0) is 23.8 Å². The normalized spacial score (nSPS) is 10.8. The van der Waals surface area contributed by atoms with Crippen molar-refractivity contribution in [3.05, 3.63) is 48.3 Å². The van der Waals surface area contributed by atoms with Crippen LogP contribution in [0.3, 0.4) is 0 Å². The summed E-state index contributed by atoms with van der Waals surface area (Å²) < 4.78 is 5.62. The molecule has 2 heterocycles. The summed E-state index contributed by atoms with van der Waals surface area (Å²) >= 11 is 0. The fourth-order valence-corrected chi connectivity index (χ4v) is 1.90. The van der Waals surface area contributed by atoms with Gasteiger partial charge in [0.1, 0.15) is 11.3 Å². The smallest absolute Gasteiger partial charge is 0.298 e. The maximum Gasteiger partial charge on any atom is 0.298 e. The highest BCUT2D eigenvalue weighted by molar-refractivity contribution is 5.76. The van der Waals surface area contributed by atoms with Gasteiger partial charge in [-0.3, -0.25) is 4.98 Å². The number of anilines is 1. The molecule has 0 amide bonds. The summed E-state index contributed by atoms with van der Waals surface area (Å²) in [6, 6.07) is 9.30. The fraction of sp³-hybridized carbons (Fsp3) is 0.143. The van der Waals surface area contributed by atoms with Crippen LogP contribution in [-0.4, -0.2) is 22.1 Å². The zero-order valence-corrected chi connectivity index (χ0v) is 10.4. The summed E-state index contributed by atoms with van der Waals surface area (Å²) in [6.45, 7) is 0.659. The molecular weight excluding hydrogens is 242 g/mol. The number of aromatic hydroxyl groups is 1. The van der Waals surface area contributed by atoms with Crippen LogP contribution < -0.4 is 4.90 Å². The first kappa shape index (κ1) is 11.5. The van der Waals surface area contributed by atoms with Crippen molar-refractivity contribution in [3.8, 4) is 5.75 Å². The monoisotopic (exact) mass is 255 g/mol. The first-order valence-corrected chi connectivity index (χ1v) is 5.92. The van der Waals surface area contributed by atoms with Gasteiger partial charge in [-0.1, -0.05) is 6.07 Å². The van der Waals surface area contributed by atoms with Gasteiger partial charge < -0.3 is 14.4 Å². The Balaban J connectivity index is 1.87. The van der Waals surface area contributed by atoms with Crippen molar-refractivity contribution in [3.63, 3.8) is 0 Å². The van der Waals surface area contributed by atoms with Crippen molar-refractivity contribution in [1.82, 2.24) is 9.97 Å². The number of nitrogens with zero attached hydrogens (tertiary/aromatic N) is 3. The highest BCUT2D eigenvalue weighted by Gasteiger charge is 2.11. The number of phenols is 1. The van der Waals surface area contributed by atoms with Gasteiger partial charge in [0.2, 0.25) is 0 Å². The summed E-state index contributed by atoms with van der Waals surface area (Å²) in [6.07, 6.45) is 3.55. The summed E-state index contributed by atoms with van der Waals surface area (Å²) in [5.74, 6) is 0.171. The topological polar surface area (TPSA) is 62.4 Å². The van der Waals surface area contributed by atoms with Gasteiger partial charge in [-0.25, -0.2) is 0 Å². The van der Waals surface area contributed by atoms with Crippen LogP contribution in [0, 0.1) is 0 Å². The second-order valence-electron chi connectivity index (χ2n) is 4.37. The fourth-order valence-electron chi connectivity index (χ4n) is 1.90. The molecule has 0 atom stereocenters. The third-order valence-corrected chi connectivity index (χ3v) is 2.83. The van der Waals surface area contributed by atoms with Crippen molar-refractivity contribution < 1.29 is 9.52 Å². The predicted molar refractivity (Wildman–Crippen MR) is 72.0 cm³/mol. The summed E-state index contributed by atoms with van der Waals surface area (Å²) in [4.78, 5) is 10.3. The number of oxazole rings is 1. The number of pyridine rings is 1. The molecule has 19 heavy (non-hydrogen) atoms. The molecule has 0 unspecified atom stereocenters. The number of fused-ring (bicyclic) bond motifs is 1. The maximum atomic E-state index is 9.40. The molecule has 5 heteroatoms. The number of hydrogen-bond donors (Lipinski definition) is 1. The van der Waals surface area contributed by atoms with Crippen molar-refractivity contribution in [1.29, 1.82) is 0 Å². The largest absolute Gasteiger partial charge is 0.508 e. The quantitative estimate of drug-likeness (QED) is 0.779. The molecule has 1 N–H and O–H groups in total. The second kappa shape index (κ2) is 4.61. The Morgan fingerprint density at radius 1 is 1.32 bits per heavy atom. The van der Waals surface area contributed by atoms with E-state index in [1.165, 1.54) is 0 Å². The Morgan fingerprint density at radius 2 is 2.21 bits per heavy atom. The molecule has 0 saturated heterocycles. The zero-order valence-electron chi connectivity index (χ0n) is 10.4. The lowest BCUT2D eigenvalue weighted by Crippen LogP contribution is -2.16. The van der Waals surface area contributed by atoms with Crippen molar-refractivity contribution >= 4 is 17.1 Å². The molecule has 96 valence electrons. The van der Waals surface area contributed by atoms with Crippen LogP contribution in [0.1, 0.15) is 5.56 Å². The zero-order chi connectivity index (χ0) is 13.2. The van der Waals surface area contributed by atoms with E-state index < -0.39 is 0 Å².